The minimum absolute atomic E-state index is 0.236. The molecule has 1 saturated carbocycles. The van der Waals surface area contributed by atoms with E-state index in [-0.39, 0.29) is 4.90 Å². The number of hydrogen-bond acceptors (Lipinski definition) is 4. The SMILES string of the molecule is NCC1(NS(=O)(=O)c2c[nH]c3ncccc23)CCCC1. The van der Waals surface area contributed by atoms with Gasteiger partial charge in [0.25, 0.3) is 0 Å². The number of nitrogens with zero attached hydrogens (tertiary/aromatic N) is 1. The molecule has 0 atom stereocenters. The second-order valence-corrected chi connectivity index (χ2v) is 7.00. The predicted octanol–water partition coefficient (Wildman–Crippen LogP) is 1.11. The molecule has 108 valence electrons. The summed E-state index contributed by atoms with van der Waals surface area (Å²) >= 11 is 0. The van der Waals surface area contributed by atoms with Gasteiger partial charge in [-0.15, -0.1) is 0 Å². The lowest BCUT2D eigenvalue weighted by Gasteiger charge is -2.28. The van der Waals surface area contributed by atoms with Crippen molar-refractivity contribution in [3.05, 3.63) is 24.5 Å². The average molecular weight is 294 g/mol. The molecule has 2 aromatic rings. The summed E-state index contributed by atoms with van der Waals surface area (Å²) in [6.07, 6.45) is 6.72. The van der Waals surface area contributed by atoms with Crippen molar-refractivity contribution in [1.29, 1.82) is 0 Å². The van der Waals surface area contributed by atoms with E-state index in [2.05, 4.69) is 14.7 Å². The van der Waals surface area contributed by atoms with Crippen LogP contribution in [0.25, 0.3) is 11.0 Å². The van der Waals surface area contributed by atoms with E-state index in [0.29, 0.717) is 17.6 Å². The minimum atomic E-state index is -3.60. The largest absolute Gasteiger partial charge is 0.345 e. The summed E-state index contributed by atoms with van der Waals surface area (Å²) in [5, 5.41) is 0.602. The maximum atomic E-state index is 12.6. The maximum Gasteiger partial charge on any atom is 0.243 e. The van der Waals surface area contributed by atoms with Crippen LogP contribution in [-0.2, 0) is 10.0 Å². The average Bonchev–Trinajstić information content (AvgIpc) is 3.05. The van der Waals surface area contributed by atoms with Gasteiger partial charge in [-0.3, -0.25) is 0 Å². The Morgan fingerprint density at radius 1 is 1.40 bits per heavy atom. The molecule has 0 spiro atoms. The highest BCUT2D eigenvalue weighted by molar-refractivity contribution is 7.89. The fourth-order valence-corrected chi connectivity index (χ4v) is 4.53. The molecule has 2 heterocycles. The summed E-state index contributed by atoms with van der Waals surface area (Å²) in [7, 11) is -3.60. The van der Waals surface area contributed by atoms with Crippen molar-refractivity contribution in [1.82, 2.24) is 14.7 Å². The predicted molar refractivity (Wildman–Crippen MR) is 76.7 cm³/mol. The van der Waals surface area contributed by atoms with Crippen LogP contribution in [0.3, 0.4) is 0 Å². The van der Waals surface area contributed by atoms with Crippen LogP contribution in [0.15, 0.2) is 29.4 Å². The van der Waals surface area contributed by atoms with Crippen molar-refractivity contribution in [3.63, 3.8) is 0 Å². The third-order valence-corrected chi connectivity index (χ3v) is 5.62. The van der Waals surface area contributed by atoms with Gasteiger partial charge >= 0.3 is 0 Å². The molecule has 0 radical (unpaired) electrons. The molecular weight excluding hydrogens is 276 g/mol. The molecule has 1 aliphatic carbocycles. The molecular formula is C13H18N4O2S. The van der Waals surface area contributed by atoms with Gasteiger partial charge in [-0.05, 0) is 25.0 Å². The van der Waals surface area contributed by atoms with Gasteiger partial charge in [0.1, 0.15) is 10.5 Å². The number of nitrogens with two attached hydrogens (primary N) is 1. The normalized spacial score (nSPS) is 18.6. The first-order chi connectivity index (χ1) is 9.56. The molecule has 7 heteroatoms. The molecule has 1 aliphatic rings. The van der Waals surface area contributed by atoms with Crippen molar-refractivity contribution in [3.8, 4) is 0 Å². The Labute approximate surface area is 117 Å². The standard InChI is InChI=1S/C13H18N4O2S/c14-9-13(5-1-2-6-13)17-20(18,19)11-8-16-12-10(11)4-3-7-15-12/h3-4,7-8,17H,1-2,5-6,9,14H2,(H,15,16). The first kappa shape index (κ1) is 13.5. The molecule has 4 N–H and O–H groups in total. The monoisotopic (exact) mass is 294 g/mol. The van der Waals surface area contributed by atoms with Gasteiger partial charge in [0, 0.05) is 29.9 Å². The van der Waals surface area contributed by atoms with Crippen LogP contribution >= 0.6 is 0 Å². The summed E-state index contributed by atoms with van der Waals surface area (Å²) in [6, 6.07) is 3.47. The highest BCUT2D eigenvalue weighted by Crippen LogP contribution is 2.31. The molecule has 2 aromatic heterocycles. The van der Waals surface area contributed by atoms with Gasteiger partial charge in [0.05, 0.1) is 0 Å². The van der Waals surface area contributed by atoms with E-state index >= 15 is 0 Å². The quantitative estimate of drug-likeness (QED) is 0.786. The van der Waals surface area contributed by atoms with Crippen LogP contribution in [-0.4, -0.2) is 30.5 Å². The van der Waals surface area contributed by atoms with Gasteiger partial charge in [-0.1, -0.05) is 12.8 Å². The van der Waals surface area contributed by atoms with Gasteiger partial charge < -0.3 is 10.7 Å². The lowest BCUT2D eigenvalue weighted by atomic mass is 10.0. The number of hydrogen-bond donors (Lipinski definition) is 3. The van der Waals surface area contributed by atoms with E-state index in [1.165, 1.54) is 6.20 Å². The zero-order chi connectivity index (χ0) is 14.2. The molecule has 0 aromatic carbocycles. The topological polar surface area (TPSA) is 101 Å². The van der Waals surface area contributed by atoms with Gasteiger partial charge in [-0.2, -0.15) is 0 Å². The van der Waals surface area contributed by atoms with E-state index in [1.54, 1.807) is 18.3 Å². The third kappa shape index (κ3) is 2.21. The Balaban J connectivity index is 2.00. The third-order valence-electron chi connectivity index (χ3n) is 4.00. The van der Waals surface area contributed by atoms with Crippen molar-refractivity contribution < 1.29 is 8.42 Å². The highest BCUT2D eigenvalue weighted by Gasteiger charge is 2.37. The van der Waals surface area contributed by atoms with Crippen molar-refractivity contribution in [2.45, 2.75) is 36.1 Å². The van der Waals surface area contributed by atoms with E-state index in [1.807, 2.05) is 0 Å². The minimum Gasteiger partial charge on any atom is -0.345 e. The highest BCUT2D eigenvalue weighted by atomic mass is 32.2. The van der Waals surface area contributed by atoms with Crippen LogP contribution in [0.5, 0.6) is 0 Å². The molecule has 20 heavy (non-hydrogen) atoms. The van der Waals surface area contributed by atoms with E-state index < -0.39 is 15.6 Å². The molecule has 0 amide bonds. The fraction of sp³-hybridized carbons (Fsp3) is 0.462. The molecule has 0 bridgehead atoms. The summed E-state index contributed by atoms with van der Waals surface area (Å²) in [4.78, 5) is 7.24. The molecule has 0 saturated heterocycles. The van der Waals surface area contributed by atoms with Gasteiger partial charge in [-0.25, -0.2) is 18.1 Å². The number of nitrogens with one attached hydrogen (secondary N) is 2. The first-order valence-corrected chi connectivity index (χ1v) is 8.21. The molecule has 0 unspecified atom stereocenters. The Morgan fingerprint density at radius 3 is 2.85 bits per heavy atom. The Morgan fingerprint density at radius 2 is 2.15 bits per heavy atom. The summed E-state index contributed by atoms with van der Waals surface area (Å²) in [5.74, 6) is 0. The molecule has 6 nitrogen and oxygen atoms in total. The molecule has 0 aliphatic heterocycles. The zero-order valence-corrected chi connectivity index (χ0v) is 11.9. The van der Waals surface area contributed by atoms with Gasteiger partial charge in [0.2, 0.25) is 10.0 Å². The van der Waals surface area contributed by atoms with E-state index in [9.17, 15) is 8.42 Å². The number of pyridine rings is 1. The smallest absolute Gasteiger partial charge is 0.243 e. The van der Waals surface area contributed by atoms with Crippen molar-refractivity contribution in [2.24, 2.45) is 5.73 Å². The maximum absolute atomic E-state index is 12.6. The van der Waals surface area contributed by atoms with Crippen molar-refractivity contribution >= 4 is 21.1 Å². The van der Waals surface area contributed by atoms with Crippen molar-refractivity contribution in [2.75, 3.05) is 6.54 Å². The number of sulfonamides is 1. The fourth-order valence-electron chi connectivity index (χ4n) is 2.89. The first-order valence-electron chi connectivity index (χ1n) is 6.72. The van der Waals surface area contributed by atoms with E-state index in [4.69, 9.17) is 5.73 Å². The van der Waals surface area contributed by atoms with Crippen LogP contribution in [0.1, 0.15) is 25.7 Å². The molecule has 3 rings (SSSR count). The summed E-state index contributed by atoms with van der Waals surface area (Å²) in [6.45, 7) is 0.326. The lowest BCUT2D eigenvalue weighted by Crippen LogP contribution is -2.51. The zero-order valence-electron chi connectivity index (χ0n) is 11.1. The number of fused-ring (bicyclic) bond motifs is 1. The second-order valence-electron chi connectivity index (χ2n) is 5.35. The second kappa shape index (κ2) is 4.83. The number of H-pyrrole nitrogens is 1. The summed E-state index contributed by atoms with van der Waals surface area (Å²) in [5.41, 5.74) is 5.87. The van der Waals surface area contributed by atoms with Crippen LogP contribution in [0.4, 0.5) is 0 Å². The van der Waals surface area contributed by atoms with Gasteiger partial charge in [0.15, 0.2) is 0 Å². The Hall–Kier alpha value is -1.44. The number of aromatic amines is 1. The van der Waals surface area contributed by atoms with Crippen LogP contribution in [0.2, 0.25) is 0 Å². The van der Waals surface area contributed by atoms with Crippen LogP contribution < -0.4 is 10.5 Å². The summed E-state index contributed by atoms with van der Waals surface area (Å²) < 4.78 is 28.0. The number of aromatic nitrogens is 2. The molecule has 1 fully saturated rings. The Bertz CT molecular complexity index is 717. The number of rotatable bonds is 4. The lowest BCUT2D eigenvalue weighted by molar-refractivity contribution is 0.399. The Kier molecular flexibility index (Phi) is 3.27. The van der Waals surface area contributed by atoms with E-state index in [0.717, 1.165) is 25.7 Å². The van der Waals surface area contributed by atoms with Crippen LogP contribution in [0, 0.1) is 0 Å².